The minimum absolute atomic E-state index is 0.117. The normalized spacial score (nSPS) is 12.7. The topological polar surface area (TPSA) is 47.3 Å². The van der Waals surface area contributed by atoms with Gasteiger partial charge in [-0.1, -0.05) is 12.1 Å². The molecule has 2 rings (SSSR count). The van der Waals surface area contributed by atoms with Crippen molar-refractivity contribution in [3.05, 3.63) is 47.3 Å². The molecule has 1 unspecified atom stereocenters. The molecule has 1 N–H and O–H groups in total. The van der Waals surface area contributed by atoms with Gasteiger partial charge >= 0.3 is 0 Å². The zero-order valence-corrected chi connectivity index (χ0v) is 11.8. The summed E-state index contributed by atoms with van der Waals surface area (Å²) in [6.07, 6.45) is -0.576. The smallest absolute Gasteiger partial charge is 0.121 e. The van der Waals surface area contributed by atoms with Crippen LogP contribution in [0.25, 0.3) is 0 Å². The Balaban J connectivity index is 2.28. The van der Waals surface area contributed by atoms with Crippen LogP contribution < -0.4 is 4.74 Å². The molecule has 0 bridgehead atoms. The van der Waals surface area contributed by atoms with Crippen LogP contribution in [0, 0.1) is 6.92 Å². The van der Waals surface area contributed by atoms with Crippen LogP contribution in [-0.2, 0) is 7.05 Å². The molecule has 4 heteroatoms. The van der Waals surface area contributed by atoms with Gasteiger partial charge in [0.2, 0.25) is 0 Å². The second kappa shape index (κ2) is 5.45. The Morgan fingerprint density at radius 2 is 2.00 bits per heavy atom. The first-order valence-corrected chi connectivity index (χ1v) is 6.42. The summed E-state index contributed by atoms with van der Waals surface area (Å²) < 4.78 is 7.35. The predicted molar refractivity (Wildman–Crippen MR) is 74.2 cm³/mol. The number of hydrogen-bond donors (Lipinski definition) is 1. The highest BCUT2D eigenvalue weighted by Gasteiger charge is 2.16. The molecule has 102 valence electrons. The Bertz CT molecular complexity index is 561. The number of benzene rings is 1. The molecule has 0 saturated carbocycles. The van der Waals surface area contributed by atoms with Gasteiger partial charge in [0.05, 0.1) is 17.5 Å². The van der Waals surface area contributed by atoms with Gasteiger partial charge in [0.25, 0.3) is 0 Å². The van der Waals surface area contributed by atoms with Crippen LogP contribution in [0.1, 0.15) is 36.9 Å². The lowest BCUT2D eigenvalue weighted by Crippen LogP contribution is -2.08. The predicted octanol–water partition coefficient (Wildman–Crippen LogP) is 2.60. The first-order chi connectivity index (χ1) is 8.97. The number of aliphatic hydroxyl groups excluding tert-OH is 1. The highest BCUT2D eigenvalue weighted by Crippen LogP contribution is 2.25. The zero-order chi connectivity index (χ0) is 14.0. The Morgan fingerprint density at radius 3 is 2.58 bits per heavy atom. The van der Waals surface area contributed by atoms with E-state index in [0.29, 0.717) is 0 Å². The van der Waals surface area contributed by atoms with Crippen molar-refractivity contribution in [2.24, 2.45) is 7.05 Å². The Kier molecular flexibility index (Phi) is 3.90. The molecule has 0 aliphatic carbocycles. The van der Waals surface area contributed by atoms with Gasteiger partial charge in [0.1, 0.15) is 11.9 Å². The quantitative estimate of drug-likeness (QED) is 0.919. The molecule has 0 spiro atoms. The maximum atomic E-state index is 10.4. The molecule has 2 aromatic rings. The van der Waals surface area contributed by atoms with Gasteiger partial charge in [-0.3, -0.25) is 4.68 Å². The molecule has 0 fully saturated rings. The first kappa shape index (κ1) is 13.6. The summed E-state index contributed by atoms with van der Waals surface area (Å²) >= 11 is 0. The van der Waals surface area contributed by atoms with E-state index in [1.54, 1.807) is 4.68 Å². The third-order valence-electron chi connectivity index (χ3n) is 2.86. The summed E-state index contributed by atoms with van der Waals surface area (Å²) in [6.45, 7) is 5.87. The molecule has 1 heterocycles. The van der Waals surface area contributed by atoms with E-state index >= 15 is 0 Å². The number of rotatable bonds is 4. The van der Waals surface area contributed by atoms with Crippen LogP contribution in [0.15, 0.2) is 30.3 Å². The second-order valence-electron chi connectivity index (χ2n) is 4.98. The zero-order valence-electron chi connectivity index (χ0n) is 11.8. The molecule has 1 atom stereocenters. The number of hydrogen-bond acceptors (Lipinski definition) is 3. The summed E-state index contributed by atoms with van der Waals surface area (Å²) in [5.41, 5.74) is 2.48. The van der Waals surface area contributed by atoms with Crippen molar-refractivity contribution < 1.29 is 9.84 Å². The third kappa shape index (κ3) is 3.15. The molecular formula is C15H20N2O2. The fourth-order valence-corrected chi connectivity index (χ4v) is 2.09. The Morgan fingerprint density at radius 1 is 1.26 bits per heavy atom. The number of aromatic nitrogens is 2. The van der Waals surface area contributed by atoms with Crippen LogP contribution in [0.2, 0.25) is 0 Å². The van der Waals surface area contributed by atoms with Gasteiger partial charge in [-0.2, -0.15) is 5.10 Å². The number of nitrogens with zero attached hydrogens (tertiary/aromatic N) is 2. The molecule has 0 radical (unpaired) electrons. The largest absolute Gasteiger partial charge is 0.491 e. The first-order valence-electron chi connectivity index (χ1n) is 6.42. The van der Waals surface area contributed by atoms with E-state index < -0.39 is 6.10 Å². The highest BCUT2D eigenvalue weighted by molar-refractivity contribution is 5.34. The van der Waals surface area contributed by atoms with Gasteiger partial charge in [0, 0.05) is 7.05 Å². The lowest BCUT2D eigenvalue weighted by atomic mass is 10.1. The molecule has 1 aromatic carbocycles. The van der Waals surface area contributed by atoms with Crippen molar-refractivity contribution in [2.45, 2.75) is 33.0 Å². The van der Waals surface area contributed by atoms with E-state index in [-0.39, 0.29) is 6.10 Å². The van der Waals surface area contributed by atoms with Crippen LogP contribution in [0.4, 0.5) is 0 Å². The lowest BCUT2D eigenvalue weighted by Gasteiger charge is -2.14. The SMILES string of the molecule is Cc1cc(C(O)c2cccc(OC(C)C)c2)n(C)n1. The van der Waals surface area contributed by atoms with Crippen molar-refractivity contribution >= 4 is 0 Å². The van der Waals surface area contributed by atoms with Gasteiger partial charge in [0.15, 0.2) is 0 Å². The summed E-state index contributed by atoms with van der Waals surface area (Å²) in [4.78, 5) is 0. The van der Waals surface area contributed by atoms with Crippen molar-refractivity contribution in [3.63, 3.8) is 0 Å². The van der Waals surface area contributed by atoms with Gasteiger partial charge < -0.3 is 9.84 Å². The third-order valence-corrected chi connectivity index (χ3v) is 2.86. The van der Waals surface area contributed by atoms with Crippen LogP contribution in [-0.4, -0.2) is 21.0 Å². The standard InChI is InChI=1S/C15H20N2O2/c1-10(2)19-13-7-5-6-12(9-13)15(18)14-8-11(3)16-17(14)4/h5-10,15,18H,1-4H3. The van der Waals surface area contributed by atoms with E-state index in [1.165, 1.54) is 0 Å². The summed E-state index contributed by atoms with van der Waals surface area (Å²) in [5.74, 6) is 0.769. The minimum atomic E-state index is -0.693. The van der Waals surface area contributed by atoms with Gasteiger partial charge in [-0.15, -0.1) is 0 Å². The lowest BCUT2D eigenvalue weighted by molar-refractivity contribution is 0.207. The molecule has 0 aliphatic rings. The maximum absolute atomic E-state index is 10.4. The molecule has 0 aliphatic heterocycles. The summed E-state index contributed by atoms with van der Waals surface area (Å²) in [5, 5.41) is 14.7. The maximum Gasteiger partial charge on any atom is 0.121 e. The van der Waals surface area contributed by atoms with E-state index in [1.807, 2.05) is 58.2 Å². The fraction of sp³-hybridized carbons (Fsp3) is 0.400. The Hall–Kier alpha value is -1.81. The molecule has 19 heavy (non-hydrogen) atoms. The highest BCUT2D eigenvalue weighted by atomic mass is 16.5. The van der Waals surface area contributed by atoms with E-state index in [0.717, 1.165) is 22.7 Å². The second-order valence-corrected chi connectivity index (χ2v) is 4.98. The van der Waals surface area contributed by atoms with Crippen LogP contribution >= 0.6 is 0 Å². The van der Waals surface area contributed by atoms with E-state index in [4.69, 9.17) is 4.74 Å². The van der Waals surface area contributed by atoms with Crippen molar-refractivity contribution in [1.82, 2.24) is 9.78 Å². The van der Waals surface area contributed by atoms with Crippen molar-refractivity contribution in [2.75, 3.05) is 0 Å². The van der Waals surface area contributed by atoms with Gasteiger partial charge in [-0.25, -0.2) is 0 Å². The van der Waals surface area contributed by atoms with Crippen LogP contribution in [0.3, 0.4) is 0 Å². The summed E-state index contributed by atoms with van der Waals surface area (Å²) in [7, 11) is 1.83. The van der Waals surface area contributed by atoms with Gasteiger partial charge in [-0.05, 0) is 44.5 Å². The van der Waals surface area contributed by atoms with E-state index in [9.17, 15) is 5.11 Å². The molecule has 0 amide bonds. The van der Waals surface area contributed by atoms with E-state index in [2.05, 4.69) is 5.10 Å². The molecule has 1 aromatic heterocycles. The number of aliphatic hydroxyl groups is 1. The van der Waals surface area contributed by atoms with Crippen molar-refractivity contribution in [3.8, 4) is 5.75 Å². The average Bonchev–Trinajstić information content (AvgIpc) is 2.67. The average molecular weight is 260 g/mol. The molecule has 0 saturated heterocycles. The monoisotopic (exact) mass is 260 g/mol. The number of aryl methyl sites for hydroxylation is 2. The van der Waals surface area contributed by atoms with Crippen LogP contribution in [0.5, 0.6) is 5.75 Å². The fourth-order valence-electron chi connectivity index (χ4n) is 2.09. The minimum Gasteiger partial charge on any atom is -0.491 e. The number of ether oxygens (including phenoxy) is 1. The Labute approximate surface area is 113 Å². The van der Waals surface area contributed by atoms with Crippen molar-refractivity contribution in [1.29, 1.82) is 0 Å². The summed E-state index contributed by atoms with van der Waals surface area (Å²) in [6, 6.07) is 9.43. The molecule has 4 nitrogen and oxygen atoms in total. The molecular weight excluding hydrogens is 240 g/mol.